The Morgan fingerprint density at radius 2 is 2.06 bits per heavy atom. The number of methoxy groups -OCH3 is 1. The van der Waals surface area contributed by atoms with Crippen LogP contribution < -0.4 is 4.74 Å². The number of nitrogens with zero attached hydrogens (tertiary/aromatic N) is 1. The summed E-state index contributed by atoms with van der Waals surface area (Å²) < 4.78 is 5.15. The number of alkyl halides is 1. The van der Waals surface area contributed by atoms with Gasteiger partial charge in [-0.05, 0) is 37.0 Å². The molecule has 1 aliphatic rings. The van der Waals surface area contributed by atoms with Crippen molar-refractivity contribution in [2.45, 2.75) is 24.6 Å². The van der Waals surface area contributed by atoms with Crippen LogP contribution in [0.25, 0.3) is 0 Å². The van der Waals surface area contributed by atoms with Gasteiger partial charge in [0.05, 0.1) is 7.11 Å². The monoisotopic (exact) mass is 267 g/mol. The van der Waals surface area contributed by atoms with E-state index in [2.05, 4.69) is 0 Å². The molecule has 0 spiro atoms. The highest BCUT2D eigenvalue weighted by atomic mass is 35.5. The van der Waals surface area contributed by atoms with Crippen molar-refractivity contribution in [3.63, 3.8) is 0 Å². The number of carbonyl (C=O) groups is 1. The van der Waals surface area contributed by atoms with E-state index in [9.17, 15) is 4.79 Å². The largest absolute Gasteiger partial charge is 0.497 e. The van der Waals surface area contributed by atoms with Crippen molar-refractivity contribution in [3.05, 3.63) is 29.8 Å². The Kier molecular flexibility index (Phi) is 4.48. The first-order valence-electron chi connectivity index (χ1n) is 6.29. The molecular formula is C14H18ClNO2. The van der Waals surface area contributed by atoms with Crippen molar-refractivity contribution in [2.24, 2.45) is 0 Å². The lowest BCUT2D eigenvalue weighted by Crippen LogP contribution is -2.37. The Morgan fingerprint density at radius 1 is 1.33 bits per heavy atom. The summed E-state index contributed by atoms with van der Waals surface area (Å²) in [7, 11) is 1.61. The Morgan fingerprint density at radius 3 is 2.72 bits per heavy atom. The van der Waals surface area contributed by atoms with Crippen LogP contribution >= 0.6 is 11.6 Å². The molecule has 1 atom stereocenters. The third kappa shape index (κ3) is 2.96. The number of benzene rings is 1. The van der Waals surface area contributed by atoms with Crippen LogP contribution in [0.4, 0.5) is 0 Å². The van der Waals surface area contributed by atoms with Crippen molar-refractivity contribution in [1.82, 2.24) is 4.90 Å². The Balaban J connectivity index is 2.09. The third-order valence-electron chi connectivity index (χ3n) is 3.27. The number of amides is 1. The molecule has 1 aromatic rings. The van der Waals surface area contributed by atoms with Gasteiger partial charge in [-0.15, -0.1) is 11.6 Å². The molecule has 1 amide bonds. The van der Waals surface area contributed by atoms with Crippen LogP contribution in [-0.4, -0.2) is 31.0 Å². The molecule has 1 heterocycles. The molecule has 0 bridgehead atoms. The van der Waals surface area contributed by atoms with Gasteiger partial charge in [-0.3, -0.25) is 4.79 Å². The van der Waals surface area contributed by atoms with Gasteiger partial charge in [0, 0.05) is 13.1 Å². The highest BCUT2D eigenvalue weighted by molar-refractivity contribution is 6.30. The van der Waals surface area contributed by atoms with Gasteiger partial charge in [0.25, 0.3) is 0 Å². The van der Waals surface area contributed by atoms with Gasteiger partial charge < -0.3 is 9.64 Å². The topological polar surface area (TPSA) is 29.5 Å². The molecule has 1 aromatic carbocycles. The predicted octanol–water partition coefficient (Wildman–Crippen LogP) is 2.99. The Hall–Kier alpha value is -1.22. The maximum absolute atomic E-state index is 12.3. The number of halogens is 1. The first-order valence-corrected chi connectivity index (χ1v) is 6.73. The maximum atomic E-state index is 12.3. The minimum absolute atomic E-state index is 0.00428. The molecule has 3 nitrogen and oxygen atoms in total. The SMILES string of the molecule is COc1cccc(C(Cl)C(=O)N2CCCCC2)c1. The molecular weight excluding hydrogens is 250 g/mol. The van der Waals surface area contributed by atoms with E-state index in [-0.39, 0.29) is 5.91 Å². The summed E-state index contributed by atoms with van der Waals surface area (Å²) >= 11 is 6.27. The molecule has 0 saturated carbocycles. The molecule has 2 rings (SSSR count). The highest BCUT2D eigenvalue weighted by Crippen LogP contribution is 2.27. The average molecular weight is 268 g/mol. The molecule has 0 aromatic heterocycles. The number of ether oxygens (including phenoxy) is 1. The third-order valence-corrected chi connectivity index (χ3v) is 3.71. The van der Waals surface area contributed by atoms with E-state index in [0.29, 0.717) is 0 Å². The van der Waals surface area contributed by atoms with Crippen molar-refractivity contribution in [1.29, 1.82) is 0 Å². The minimum atomic E-state index is -0.613. The van der Waals surface area contributed by atoms with Crippen LogP contribution in [0.5, 0.6) is 5.75 Å². The van der Waals surface area contributed by atoms with Gasteiger partial charge in [-0.25, -0.2) is 0 Å². The summed E-state index contributed by atoms with van der Waals surface area (Å²) in [4.78, 5) is 14.1. The summed E-state index contributed by atoms with van der Waals surface area (Å²) in [5.41, 5.74) is 0.798. The number of hydrogen-bond donors (Lipinski definition) is 0. The maximum Gasteiger partial charge on any atom is 0.245 e. The van der Waals surface area contributed by atoms with E-state index in [1.807, 2.05) is 29.2 Å². The lowest BCUT2D eigenvalue weighted by Gasteiger charge is -2.28. The van der Waals surface area contributed by atoms with Crippen molar-refractivity contribution >= 4 is 17.5 Å². The van der Waals surface area contributed by atoms with Crippen molar-refractivity contribution in [2.75, 3.05) is 20.2 Å². The van der Waals surface area contributed by atoms with Crippen LogP contribution in [0.1, 0.15) is 30.2 Å². The second-order valence-corrected chi connectivity index (χ2v) is 4.96. The van der Waals surface area contributed by atoms with E-state index >= 15 is 0 Å². The van der Waals surface area contributed by atoms with Gasteiger partial charge >= 0.3 is 0 Å². The molecule has 0 N–H and O–H groups in total. The van der Waals surface area contributed by atoms with Crippen LogP contribution in [0.3, 0.4) is 0 Å². The van der Waals surface area contributed by atoms with Crippen LogP contribution in [-0.2, 0) is 4.79 Å². The van der Waals surface area contributed by atoms with E-state index in [1.54, 1.807) is 7.11 Å². The molecule has 1 aliphatic heterocycles. The number of piperidine rings is 1. The van der Waals surface area contributed by atoms with Gasteiger partial charge in [0.2, 0.25) is 5.91 Å². The van der Waals surface area contributed by atoms with Crippen LogP contribution in [0.2, 0.25) is 0 Å². The smallest absolute Gasteiger partial charge is 0.245 e. The fourth-order valence-electron chi connectivity index (χ4n) is 2.22. The van der Waals surface area contributed by atoms with E-state index in [4.69, 9.17) is 16.3 Å². The van der Waals surface area contributed by atoms with Gasteiger partial charge in [0.1, 0.15) is 11.1 Å². The van der Waals surface area contributed by atoms with E-state index in [1.165, 1.54) is 6.42 Å². The van der Waals surface area contributed by atoms with E-state index < -0.39 is 5.38 Å². The molecule has 4 heteroatoms. The number of likely N-dealkylation sites (tertiary alicyclic amines) is 1. The van der Waals surface area contributed by atoms with Gasteiger partial charge in [0.15, 0.2) is 0 Å². The average Bonchev–Trinajstić information content (AvgIpc) is 2.46. The summed E-state index contributed by atoms with van der Waals surface area (Å²) in [6.07, 6.45) is 3.36. The highest BCUT2D eigenvalue weighted by Gasteiger charge is 2.25. The van der Waals surface area contributed by atoms with Crippen molar-refractivity contribution in [3.8, 4) is 5.75 Å². The molecule has 0 radical (unpaired) electrons. The Labute approximate surface area is 113 Å². The number of rotatable bonds is 3. The summed E-state index contributed by atoms with van der Waals surface area (Å²) in [6, 6.07) is 7.38. The minimum Gasteiger partial charge on any atom is -0.497 e. The van der Waals surface area contributed by atoms with Gasteiger partial charge in [-0.2, -0.15) is 0 Å². The van der Waals surface area contributed by atoms with Gasteiger partial charge in [-0.1, -0.05) is 12.1 Å². The number of carbonyl (C=O) groups excluding carboxylic acids is 1. The Bertz CT molecular complexity index is 416. The number of hydrogen-bond acceptors (Lipinski definition) is 2. The standard InChI is InChI=1S/C14H18ClNO2/c1-18-12-7-5-6-11(10-12)13(15)14(17)16-8-3-2-4-9-16/h5-7,10,13H,2-4,8-9H2,1H3. The lowest BCUT2D eigenvalue weighted by atomic mass is 10.1. The lowest BCUT2D eigenvalue weighted by molar-refractivity contribution is -0.131. The fourth-order valence-corrected chi connectivity index (χ4v) is 2.49. The first-order chi connectivity index (χ1) is 8.72. The normalized spacial score (nSPS) is 17.3. The molecule has 18 heavy (non-hydrogen) atoms. The molecule has 0 aliphatic carbocycles. The zero-order chi connectivity index (χ0) is 13.0. The van der Waals surface area contributed by atoms with E-state index in [0.717, 1.165) is 37.2 Å². The van der Waals surface area contributed by atoms with Crippen molar-refractivity contribution < 1.29 is 9.53 Å². The zero-order valence-corrected chi connectivity index (χ0v) is 11.3. The van der Waals surface area contributed by atoms with Crippen LogP contribution in [0.15, 0.2) is 24.3 Å². The summed E-state index contributed by atoms with van der Waals surface area (Å²) in [6.45, 7) is 1.65. The van der Waals surface area contributed by atoms with Crippen LogP contribution in [0, 0.1) is 0 Å². The predicted molar refractivity (Wildman–Crippen MR) is 72.0 cm³/mol. The first kappa shape index (κ1) is 13.2. The second-order valence-electron chi connectivity index (χ2n) is 4.53. The fraction of sp³-hybridized carbons (Fsp3) is 0.500. The molecule has 1 unspecified atom stereocenters. The quantitative estimate of drug-likeness (QED) is 0.788. The summed E-state index contributed by atoms with van der Waals surface area (Å²) in [5, 5.41) is -0.613. The summed E-state index contributed by atoms with van der Waals surface area (Å²) in [5.74, 6) is 0.731. The molecule has 1 saturated heterocycles. The zero-order valence-electron chi connectivity index (χ0n) is 10.6. The molecule has 98 valence electrons. The molecule has 1 fully saturated rings. The second kappa shape index (κ2) is 6.10.